The van der Waals surface area contributed by atoms with E-state index in [4.69, 9.17) is 4.74 Å². The van der Waals surface area contributed by atoms with Crippen LogP contribution in [-0.2, 0) is 36.9 Å². The number of rotatable bonds is 7. The van der Waals surface area contributed by atoms with Gasteiger partial charge in [0.05, 0.1) is 22.2 Å². The van der Waals surface area contributed by atoms with Gasteiger partial charge in [-0.1, -0.05) is 12.1 Å². The maximum atomic E-state index is 13.7. The van der Waals surface area contributed by atoms with E-state index in [-0.39, 0.29) is 23.3 Å². The molecule has 0 N–H and O–H groups in total. The maximum Gasteiger partial charge on any atom is 0.416 e. The van der Waals surface area contributed by atoms with Crippen LogP contribution in [0, 0.1) is 6.92 Å². The van der Waals surface area contributed by atoms with Gasteiger partial charge in [0.15, 0.2) is 6.61 Å². The standard InChI is InChI=1S/C29H27F6N3O4/c1-17-9-10-22(38(24-8-6-7-11-36-24)25(40)16-42-18(2)39)15-23(17)37(5)26(41)27(3,4)19-12-20(28(30,31)32)14-21(13-19)29(33,34)35/h6-15H,16H2,1-5H3. The highest BCUT2D eigenvalue weighted by molar-refractivity contribution is 6.04. The number of likely N-dealkylation sites (N-methyl/N-ethyl adjacent to an activating group) is 1. The number of amides is 2. The number of halogens is 6. The number of hydrogen-bond donors (Lipinski definition) is 0. The normalized spacial score (nSPS) is 12.1. The number of nitrogens with zero attached hydrogens (tertiary/aromatic N) is 3. The molecule has 0 aliphatic heterocycles. The number of alkyl halides is 6. The molecular formula is C29H27F6N3O4. The number of carbonyl (C=O) groups is 3. The third-order valence-electron chi connectivity index (χ3n) is 6.49. The van der Waals surface area contributed by atoms with Crippen molar-refractivity contribution in [3.8, 4) is 0 Å². The van der Waals surface area contributed by atoms with Crippen molar-refractivity contribution in [1.29, 1.82) is 0 Å². The number of aromatic nitrogens is 1. The van der Waals surface area contributed by atoms with Gasteiger partial charge in [0, 0.05) is 25.9 Å². The zero-order chi connectivity index (χ0) is 31.6. The van der Waals surface area contributed by atoms with Crippen molar-refractivity contribution in [2.24, 2.45) is 0 Å². The van der Waals surface area contributed by atoms with Crippen molar-refractivity contribution < 1.29 is 45.5 Å². The van der Waals surface area contributed by atoms with Crippen LogP contribution >= 0.6 is 0 Å². The van der Waals surface area contributed by atoms with Gasteiger partial charge in [-0.2, -0.15) is 26.3 Å². The van der Waals surface area contributed by atoms with Gasteiger partial charge < -0.3 is 9.64 Å². The Kier molecular flexibility index (Phi) is 9.04. The molecule has 0 aliphatic carbocycles. The molecule has 0 aliphatic rings. The summed E-state index contributed by atoms with van der Waals surface area (Å²) in [5.41, 5.74) is -4.46. The molecule has 1 heterocycles. The van der Waals surface area contributed by atoms with Crippen LogP contribution in [0.5, 0.6) is 0 Å². The number of pyridine rings is 1. The Balaban J connectivity index is 2.08. The van der Waals surface area contributed by atoms with Gasteiger partial charge in [0.1, 0.15) is 5.82 Å². The average Bonchev–Trinajstić information content (AvgIpc) is 2.91. The van der Waals surface area contributed by atoms with E-state index in [2.05, 4.69) is 4.98 Å². The second kappa shape index (κ2) is 11.8. The minimum absolute atomic E-state index is 0.000424. The van der Waals surface area contributed by atoms with E-state index in [1.165, 1.54) is 39.2 Å². The highest BCUT2D eigenvalue weighted by Gasteiger charge is 2.41. The number of esters is 1. The third kappa shape index (κ3) is 7.07. The predicted octanol–water partition coefficient (Wildman–Crippen LogP) is 6.60. The number of carbonyl (C=O) groups excluding carboxylic acids is 3. The lowest BCUT2D eigenvalue weighted by Gasteiger charge is -2.32. The number of aryl methyl sites for hydroxylation is 1. The molecule has 0 radical (unpaired) electrons. The first-order valence-corrected chi connectivity index (χ1v) is 12.4. The molecule has 13 heteroatoms. The first-order valence-electron chi connectivity index (χ1n) is 12.4. The number of ether oxygens (including phenoxy) is 1. The van der Waals surface area contributed by atoms with Crippen LogP contribution in [0.2, 0.25) is 0 Å². The first kappa shape index (κ1) is 32.1. The monoisotopic (exact) mass is 595 g/mol. The summed E-state index contributed by atoms with van der Waals surface area (Å²) in [5, 5.41) is 0. The van der Waals surface area contributed by atoms with Crippen molar-refractivity contribution >= 4 is 35.0 Å². The second-order valence-corrected chi connectivity index (χ2v) is 9.95. The van der Waals surface area contributed by atoms with Gasteiger partial charge in [0.2, 0.25) is 5.91 Å². The quantitative estimate of drug-likeness (QED) is 0.227. The lowest BCUT2D eigenvalue weighted by molar-refractivity contribution is -0.145. The highest BCUT2D eigenvalue weighted by Crippen LogP contribution is 2.40. The molecule has 2 aromatic carbocycles. The average molecular weight is 596 g/mol. The van der Waals surface area contributed by atoms with Crippen molar-refractivity contribution in [1.82, 2.24) is 4.98 Å². The summed E-state index contributed by atoms with van der Waals surface area (Å²) in [6.07, 6.45) is -8.74. The number of hydrogen-bond acceptors (Lipinski definition) is 5. The van der Waals surface area contributed by atoms with Crippen LogP contribution in [-0.4, -0.2) is 36.4 Å². The lowest BCUT2D eigenvalue weighted by atomic mass is 9.81. The van der Waals surface area contributed by atoms with E-state index in [9.17, 15) is 40.7 Å². The maximum absolute atomic E-state index is 13.7. The molecule has 0 atom stereocenters. The van der Waals surface area contributed by atoms with Crippen LogP contribution in [0.4, 0.5) is 43.5 Å². The number of benzene rings is 2. The molecule has 7 nitrogen and oxygen atoms in total. The van der Waals surface area contributed by atoms with E-state index >= 15 is 0 Å². The van der Waals surface area contributed by atoms with E-state index in [0.29, 0.717) is 17.7 Å². The zero-order valence-corrected chi connectivity index (χ0v) is 23.2. The molecule has 2 amide bonds. The molecule has 0 fully saturated rings. The fourth-order valence-corrected chi connectivity index (χ4v) is 4.18. The van der Waals surface area contributed by atoms with Crippen LogP contribution in [0.1, 0.15) is 43.0 Å². The first-order chi connectivity index (χ1) is 19.3. The summed E-state index contributed by atoms with van der Waals surface area (Å²) in [5.74, 6) is -2.00. The zero-order valence-electron chi connectivity index (χ0n) is 23.2. The van der Waals surface area contributed by atoms with Gasteiger partial charge >= 0.3 is 18.3 Å². The topological polar surface area (TPSA) is 79.8 Å². The van der Waals surface area contributed by atoms with Gasteiger partial charge in [-0.15, -0.1) is 0 Å². The molecule has 3 rings (SSSR count). The van der Waals surface area contributed by atoms with Gasteiger partial charge in [-0.05, 0) is 74.4 Å². The molecule has 0 bridgehead atoms. The largest absolute Gasteiger partial charge is 0.456 e. The smallest absolute Gasteiger partial charge is 0.416 e. The Morgan fingerprint density at radius 2 is 1.43 bits per heavy atom. The van der Waals surface area contributed by atoms with Crippen LogP contribution < -0.4 is 9.80 Å². The van der Waals surface area contributed by atoms with Crippen LogP contribution in [0.15, 0.2) is 60.8 Å². The second-order valence-electron chi connectivity index (χ2n) is 9.95. The Labute approximate surface area is 237 Å². The summed E-state index contributed by atoms with van der Waals surface area (Å²) in [7, 11) is 1.32. The molecule has 0 saturated carbocycles. The molecule has 42 heavy (non-hydrogen) atoms. The number of anilines is 3. The molecular weight excluding hydrogens is 568 g/mol. The minimum Gasteiger partial charge on any atom is -0.456 e. The van der Waals surface area contributed by atoms with Gasteiger partial charge in [0.25, 0.3) is 5.91 Å². The van der Waals surface area contributed by atoms with E-state index in [1.54, 1.807) is 31.2 Å². The van der Waals surface area contributed by atoms with Crippen molar-refractivity contribution in [3.05, 3.63) is 83.0 Å². The molecule has 3 aromatic rings. The van der Waals surface area contributed by atoms with E-state index in [0.717, 1.165) is 16.7 Å². The fraction of sp³-hybridized carbons (Fsp3) is 0.310. The molecule has 0 spiro atoms. The summed E-state index contributed by atoms with van der Waals surface area (Å²) in [6, 6.07) is 10.4. The third-order valence-corrected chi connectivity index (χ3v) is 6.49. The highest BCUT2D eigenvalue weighted by atomic mass is 19.4. The fourth-order valence-electron chi connectivity index (χ4n) is 4.18. The molecule has 0 saturated heterocycles. The van der Waals surface area contributed by atoms with Gasteiger partial charge in [-0.25, -0.2) is 4.98 Å². The van der Waals surface area contributed by atoms with E-state index < -0.39 is 58.8 Å². The lowest BCUT2D eigenvalue weighted by Crippen LogP contribution is -2.42. The Hall–Kier alpha value is -4.42. The van der Waals surface area contributed by atoms with Crippen molar-refractivity contribution in [2.45, 2.75) is 45.5 Å². The Bertz CT molecular complexity index is 1450. The summed E-state index contributed by atoms with van der Waals surface area (Å²) in [4.78, 5) is 44.5. The van der Waals surface area contributed by atoms with E-state index in [1.807, 2.05) is 0 Å². The minimum atomic E-state index is -5.08. The molecule has 0 unspecified atom stereocenters. The summed E-state index contributed by atoms with van der Waals surface area (Å²) >= 11 is 0. The van der Waals surface area contributed by atoms with Crippen molar-refractivity contribution in [2.75, 3.05) is 23.5 Å². The summed E-state index contributed by atoms with van der Waals surface area (Å²) in [6.45, 7) is 4.60. The SMILES string of the molecule is CC(=O)OCC(=O)N(c1ccc(C)c(N(C)C(=O)C(C)(C)c2cc(C(F)(F)F)cc(C(F)(F)F)c2)c1)c1ccccn1. The Morgan fingerprint density at radius 1 is 0.857 bits per heavy atom. The predicted molar refractivity (Wildman–Crippen MR) is 142 cm³/mol. The molecule has 1 aromatic heterocycles. The summed E-state index contributed by atoms with van der Waals surface area (Å²) < 4.78 is 85.8. The van der Waals surface area contributed by atoms with Crippen molar-refractivity contribution in [3.63, 3.8) is 0 Å². The van der Waals surface area contributed by atoms with Crippen LogP contribution in [0.25, 0.3) is 0 Å². The molecule has 224 valence electrons. The van der Waals surface area contributed by atoms with Gasteiger partial charge in [-0.3, -0.25) is 19.3 Å². The van der Waals surface area contributed by atoms with Crippen LogP contribution in [0.3, 0.4) is 0 Å². The Morgan fingerprint density at radius 3 is 1.93 bits per heavy atom.